The summed E-state index contributed by atoms with van der Waals surface area (Å²) in [6.45, 7) is 3.41. The number of carboxylic acids is 1. The molecule has 1 aromatic heterocycles. The molecule has 0 saturated carbocycles. The molecule has 0 radical (unpaired) electrons. The molecular formula is C13H18N2O3. The van der Waals surface area contributed by atoms with Gasteiger partial charge >= 0.3 is 5.97 Å². The van der Waals surface area contributed by atoms with Gasteiger partial charge in [-0.15, -0.1) is 0 Å². The fraction of sp³-hybridized carbons (Fsp3) is 0.615. The van der Waals surface area contributed by atoms with E-state index in [0.717, 1.165) is 44.7 Å². The van der Waals surface area contributed by atoms with Crippen molar-refractivity contribution in [1.82, 2.24) is 9.97 Å². The summed E-state index contributed by atoms with van der Waals surface area (Å²) in [5.74, 6) is 0.453. The molecule has 98 valence electrons. The van der Waals surface area contributed by atoms with Crippen molar-refractivity contribution in [2.45, 2.75) is 32.6 Å². The van der Waals surface area contributed by atoms with Gasteiger partial charge in [-0.1, -0.05) is 0 Å². The van der Waals surface area contributed by atoms with Gasteiger partial charge in [-0.05, 0) is 32.1 Å². The van der Waals surface area contributed by atoms with Crippen molar-refractivity contribution in [1.29, 1.82) is 0 Å². The van der Waals surface area contributed by atoms with Crippen LogP contribution in [0.3, 0.4) is 0 Å². The minimum absolute atomic E-state index is 0.185. The van der Waals surface area contributed by atoms with Gasteiger partial charge < -0.3 is 9.84 Å². The zero-order chi connectivity index (χ0) is 13.0. The van der Waals surface area contributed by atoms with Gasteiger partial charge in [-0.3, -0.25) is 0 Å². The highest BCUT2D eigenvalue weighted by atomic mass is 16.5. The van der Waals surface area contributed by atoms with Crippen LogP contribution in [0, 0.1) is 12.8 Å². The van der Waals surface area contributed by atoms with E-state index in [2.05, 4.69) is 9.97 Å². The van der Waals surface area contributed by atoms with Crippen LogP contribution in [0.4, 0.5) is 0 Å². The van der Waals surface area contributed by atoms with Crippen molar-refractivity contribution in [2.75, 3.05) is 13.2 Å². The first kappa shape index (κ1) is 13.0. The van der Waals surface area contributed by atoms with Crippen LogP contribution < -0.4 is 0 Å². The molecule has 0 bridgehead atoms. The molecule has 0 aromatic carbocycles. The number of ether oxygens (including phenoxy) is 1. The molecule has 1 N–H and O–H groups in total. The molecule has 1 aromatic rings. The maximum absolute atomic E-state index is 10.8. The smallest absolute Gasteiger partial charge is 0.339 e. The van der Waals surface area contributed by atoms with Gasteiger partial charge in [0.15, 0.2) is 0 Å². The molecular weight excluding hydrogens is 232 g/mol. The van der Waals surface area contributed by atoms with Crippen LogP contribution in [-0.4, -0.2) is 34.3 Å². The molecule has 0 atom stereocenters. The number of carbonyl (C=O) groups is 1. The zero-order valence-corrected chi connectivity index (χ0v) is 10.6. The standard InChI is InChI=1S/C13H18N2O3/c1-9-11(13(16)17)8-14-12(15-9)3-2-10-4-6-18-7-5-10/h8,10H,2-7H2,1H3,(H,16,17). The Morgan fingerprint density at radius 2 is 2.22 bits per heavy atom. The molecule has 2 rings (SSSR count). The van der Waals surface area contributed by atoms with Crippen molar-refractivity contribution in [2.24, 2.45) is 5.92 Å². The third-order valence-electron chi connectivity index (χ3n) is 3.38. The lowest BCUT2D eigenvalue weighted by Crippen LogP contribution is -2.16. The first-order valence-electron chi connectivity index (χ1n) is 6.30. The molecule has 18 heavy (non-hydrogen) atoms. The van der Waals surface area contributed by atoms with E-state index in [1.54, 1.807) is 6.92 Å². The highest BCUT2D eigenvalue weighted by Gasteiger charge is 2.15. The molecule has 1 aliphatic heterocycles. The second kappa shape index (κ2) is 5.91. The Kier molecular flexibility index (Phi) is 4.25. The number of carboxylic acid groups (broad SMARTS) is 1. The largest absolute Gasteiger partial charge is 0.478 e. The van der Waals surface area contributed by atoms with Crippen molar-refractivity contribution >= 4 is 5.97 Å². The molecule has 2 heterocycles. The molecule has 5 nitrogen and oxygen atoms in total. The van der Waals surface area contributed by atoms with E-state index < -0.39 is 5.97 Å². The third-order valence-corrected chi connectivity index (χ3v) is 3.38. The van der Waals surface area contributed by atoms with E-state index in [1.165, 1.54) is 6.20 Å². The highest BCUT2D eigenvalue weighted by molar-refractivity contribution is 5.88. The topological polar surface area (TPSA) is 72.3 Å². The lowest BCUT2D eigenvalue weighted by atomic mass is 9.95. The average Bonchev–Trinajstić information content (AvgIpc) is 2.37. The van der Waals surface area contributed by atoms with E-state index in [4.69, 9.17) is 9.84 Å². The molecule has 1 saturated heterocycles. The summed E-state index contributed by atoms with van der Waals surface area (Å²) in [6, 6.07) is 0. The quantitative estimate of drug-likeness (QED) is 0.882. The van der Waals surface area contributed by atoms with Gasteiger partial charge in [0.2, 0.25) is 0 Å². The minimum Gasteiger partial charge on any atom is -0.478 e. The minimum atomic E-state index is -0.969. The van der Waals surface area contributed by atoms with Crippen LogP contribution in [0.15, 0.2) is 6.20 Å². The van der Waals surface area contributed by atoms with Gasteiger partial charge in [0, 0.05) is 25.8 Å². The van der Waals surface area contributed by atoms with Crippen molar-refractivity contribution < 1.29 is 14.6 Å². The SMILES string of the molecule is Cc1nc(CCC2CCOCC2)ncc1C(=O)O. The number of aromatic nitrogens is 2. The Morgan fingerprint density at radius 3 is 2.83 bits per heavy atom. The highest BCUT2D eigenvalue weighted by Crippen LogP contribution is 2.20. The molecule has 0 unspecified atom stereocenters. The first-order valence-corrected chi connectivity index (χ1v) is 6.30. The molecule has 5 heteroatoms. The first-order chi connectivity index (χ1) is 8.66. The fourth-order valence-electron chi connectivity index (χ4n) is 2.21. The summed E-state index contributed by atoms with van der Waals surface area (Å²) in [7, 11) is 0. The van der Waals surface area contributed by atoms with E-state index in [-0.39, 0.29) is 5.56 Å². The Morgan fingerprint density at radius 1 is 1.50 bits per heavy atom. The predicted octanol–water partition coefficient (Wildman–Crippen LogP) is 1.84. The number of nitrogens with zero attached hydrogens (tertiary/aromatic N) is 2. The van der Waals surface area contributed by atoms with E-state index >= 15 is 0 Å². The van der Waals surface area contributed by atoms with E-state index in [0.29, 0.717) is 11.6 Å². The number of aryl methyl sites for hydroxylation is 2. The lowest BCUT2D eigenvalue weighted by molar-refractivity contribution is 0.0638. The summed E-state index contributed by atoms with van der Waals surface area (Å²) in [5.41, 5.74) is 0.726. The Bertz CT molecular complexity index is 428. The van der Waals surface area contributed by atoms with Crippen LogP contribution in [0.25, 0.3) is 0 Å². The normalized spacial score (nSPS) is 16.7. The number of hydrogen-bond acceptors (Lipinski definition) is 4. The number of aromatic carboxylic acids is 1. The fourth-order valence-corrected chi connectivity index (χ4v) is 2.21. The van der Waals surface area contributed by atoms with Gasteiger partial charge in [0.1, 0.15) is 5.82 Å². The maximum atomic E-state index is 10.8. The average molecular weight is 250 g/mol. The Labute approximate surface area is 106 Å². The number of rotatable bonds is 4. The molecule has 0 amide bonds. The van der Waals surface area contributed by atoms with Crippen molar-refractivity contribution in [3.63, 3.8) is 0 Å². The molecule has 1 fully saturated rings. The van der Waals surface area contributed by atoms with Crippen molar-refractivity contribution in [3.8, 4) is 0 Å². The predicted molar refractivity (Wildman–Crippen MR) is 65.6 cm³/mol. The number of hydrogen-bond donors (Lipinski definition) is 1. The van der Waals surface area contributed by atoms with Gasteiger partial charge in [-0.25, -0.2) is 14.8 Å². The Hall–Kier alpha value is -1.49. The summed E-state index contributed by atoms with van der Waals surface area (Å²) < 4.78 is 5.32. The molecule has 0 spiro atoms. The van der Waals surface area contributed by atoms with Crippen molar-refractivity contribution in [3.05, 3.63) is 23.3 Å². The van der Waals surface area contributed by atoms with E-state index in [9.17, 15) is 4.79 Å². The van der Waals surface area contributed by atoms with Gasteiger partial charge in [0.05, 0.1) is 11.3 Å². The summed E-state index contributed by atoms with van der Waals surface area (Å²) in [5, 5.41) is 8.90. The third kappa shape index (κ3) is 3.26. The maximum Gasteiger partial charge on any atom is 0.339 e. The van der Waals surface area contributed by atoms with Gasteiger partial charge in [-0.2, -0.15) is 0 Å². The summed E-state index contributed by atoms with van der Waals surface area (Å²) >= 11 is 0. The van der Waals surface area contributed by atoms with E-state index in [1.807, 2.05) is 0 Å². The molecule has 0 aliphatic carbocycles. The van der Waals surface area contributed by atoms with Gasteiger partial charge in [0.25, 0.3) is 0 Å². The van der Waals surface area contributed by atoms with Crippen LogP contribution in [0.2, 0.25) is 0 Å². The van der Waals surface area contributed by atoms with Crippen LogP contribution in [0.5, 0.6) is 0 Å². The summed E-state index contributed by atoms with van der Waals surface area (Å²) in [6.07, 6.45) is 5.48. The monoisotopic (exact) mass is 250 g/mol. The van der Waals surface area contributed by atoms with Crippen LogP contribution in [-0.2, 0) is 11.2 Å². The second-order valence-corrected chi connectivity index (χ2v) is 4.68. The second-order valence-electron chi connectivity index (χ2n) is 4.68. The lowest BCUT2D eigenvalue weighted by Gasteiger charge is -2.21. The Balaban J connectivity index is 1.93. The molecule has 1 aliphatic rings. The zero-order valence-electron chi connectivity index (χ0n) is 10.6. The summed E-state index contributed by atoms with van der Waals surface area (Å²) in [4.78, 5) is 19.2. The van der Waals surface area contributed by atoms with Crippen LogP contribution >= 0.6 is 0 Å². The van der Waals surface area contributed by atoms with Crippen LogP contribution in [0.1, 0.15) is 41.1 Å².